The van der Waals surface area contributed by atoms with Crippen LogP contribution in [-0.4, -0.2) is 34.7 Å². The fourth-order valence-corrected chi connectivity index (χ4v) is 4.07. The van der Waals surface area contributed by atoms with Gasteiger partial charge in [0.05, 0.1) is 5.70 Å². The molecule has 0 unspecified atom stereocenters. The van der Waals surface area contributed by atoms with Gasteiger partial charge in [-0.3, -0.25) is 9.79 Å². The number of aromatic nitrogens is 2. The zero-order valence-electron chi connectivity index (χ0n) is 20.1. The highest BCUT2D eigenvalue weighted by Crippen LogP contribution is 2.27. The first-order chi connectivity index (χ1) is 16.0. The van der Waals surface area contributed by atoms with Gasteiger partial charge in [-0.2, -0.15) is 0 Å². The second kappa shape index (κ2) is 12.1. The number of unbranched alkanes of at least 4 members (excludes halogenated alkanes) is 4. The van der Waals surface area contributed by atoms with Gasteiger partial charge in [0.2, 0.25) is 11.9 Å². The summed E-state index contributed by atoms with van der Waals surface area (Å²) in [5, 5.41) is 2.83. The number of carbonyl (C=O) groups excluding carboxylic acids is 1. The van der Waals surface area contributed by atoms with Gasteiger partial charge in [-0.1, -0.05) is 51.3 Å². The van der Waals surface area contributed by atoms with Gasteiger partial charge in [0.25, 0.3) is 0 Å². The molecule has 1 N–H and O–H groups in total. The lowest BCUT2D eigenvalue weighted by Gasteiger charge is -2.16. The number of anilines is 2. The van der Waals surface area contributed by atoms with Gasteiger partial charge < -0.3 is 10.2 Å². The summed E-state index contributed by atoms with van der Waals surface area (Å²) in [6.07, 6.45) is 10.6. The summed E-state index contributed by atoms with van der Waals surface area (Å²) in [6, 6.07) is 9.53. The van der Waals surface area contributed by atoms with Crippen molar-refractivity contribution in [1.29, 1.82) is 0 Å². The highest BCUT2D eigenvalue weighted by Gasteiger charge is 2.24. The molecule has 1 aliphatic heterocycles. The fraction of sp³-hybridized carbons (Fsp3) is 0.407. The van der Waals surface area contributed by atoms with E-state index in [4.69, 9.17) is 4.99 Å². The lowest BCUT2D eigenvalue weighted by Crippen LogP contribution is -2.23. The number of amides is 1. The Kier molecular flexibility index (Phi) is 8.93. The third kappa shape index (κ3) is 7.11. The molecule has 1 aromatic heterocycles. The van der Waals surface area contributed by atoms with E-state index in [9.17, 15) is 4.79 Å². The standard InChI is InChI=1S/C27H35N5O/c1-5-6-7-8-9-14-26(25-19-32(18-20(25)2)27-28-15-11-16-29-27)30-21(3)23-12-10-13-24(17-23)31-22(4)33/h10-13,15-17H,3,5-9,14,18-19H2,1-2,4H3,(H,31,33)/b30-26-. The Morgan fingerprint density at radius 1 is 1.12 bits per heavy atom. The van der Waals surface area contributed by atoms with Crippen LogP contribution in [0.5, 0.6) is 0 Å². The first-order valence-corrected chi connectivity index (χ1v) is 11.8. The van der Waals surface area contributed by atoms with E-state index >= 15 is 0 Å². The molecule has 2 aromatic rings. The van der Waals surface area contributed by atoms with Crippen LogP contribution in [0.2, 0.25) is 0 Å². The molecule has 6 heteroatoms. The Labute approximate surface area is 197 Å². The van der Waals surface area contributed by atoms with Gasteiger partial charge in [0, 0.05) is 49.4 Å². The second-order valence-electron chi connectivity index (χ2n) is 8.60. The SMILES string of the molecule is C=C(/N=C(/CCCCCCC)C1=C(C)CN(c2ncccn2)C1)c1cccc(NC(C)=O)c1. The molecule has 2 heterocycles. The molecular weight excluding hydrogens is 410 g/mol. The van der Waals surface area contributed by atoms with Crippen LogP contribution in [0.1, 0.15) is 64.9 Å². The van der Waals surface area contributed by atoms with Crippen molar-refractivity contribution in [1.82, 2.24) is 9.97 Å². The Hall–Kier alpha value is -3.28. The lowest BCUT2D eigenvalue weighted by molar-refractivity contribution is -0.114. The van der Waals surface area contributed by atoms with Gasteiger partial charge in [-0.15, -0.1) is 0 Å². The van der Waals surface area contributed by atoms with Crippen LogP contribution in [0.4, 0.5) is 11.6 Å². The number of carbonyl (C=O) groups is 1. The van der Waals surface area contributed by atoms with Crippen LogP contribution >= 0.6 is 0 Å². The zero-order chi connectivity index (χ0) is 23.6. The molecule has 0 spiro atoms. The van der Waals surface area contributed by atoms with Gasteiger partial charge >= 0.3 is 0 Å². The largest absolute Gasteiger partial charge is 0.332 e. The number of aliphatic imine (C=N–C) groups is 1. The molecule has 0 bridgehead atoms. The van der Waals surface area contributed by atoms with Crippen molar-refractivity contribution in [2.75, 3.05) is 23.3 Å². The van der Waals surface area contributed by atoms with Gasteiger partial charge in [0.1, 0.15) is 0 Å². The van der Waals surface area contributed by atoms with E-state index in [1.165, 1.54) is 43.8 Å². The normalized spacial score (nSPS) is 14.0. The Balaban J connectivity index is 1.81. The molecule has 0 saturated heterocycles. The molecule has 6 nitrogen and oxygen atoms in total. The molecule has 3 rings (SSSR count). The summed E-state index contributed by atoms with van der Waals surface area (Å²) in [4.78, 5) is 27.5. The maximum Gasteiger partial charge on any atom is 0.225 e. The molecule has 33 heavy (non-hydrogen) atoms. The van der Waals surface area contributed by atoms with Crippen molar-refractivity contribution in [3.8, 4) is 0 Å². The molecular formula is C27H35N5O. The molecule has 0 aliphatic carbocycles. The molecule has 1 aromatic carbocycles. The Morgan fingerprint density at radius 3 is 2.61 bits per heavy atom. The summed E-state index contributed by atoms with van der Waals surface area (Å²) < 4.78 is 0. The number of hydrogen-bond donors (Lipinski definition) is 1. The summed E-state index contributed by atoms with van der Waals surface area (Å²) in [5.74, 6) is 0.653. The first kappa shape index (κ1) is 24.4. The summed E-state index contributed by atoms with van der Waals surface area (Å²) >= 11 is 0. The van der Waals surface area contributed by atoms with E-state index in [2.05, 4.69) is 40.6 Å². The molecule has 1 aliphatic rings. The monoisotopic (exact) mass is 445 g/mol. The van der Waals surface area contributed by atoms with E-state index in [1.807, 2.05) is 30.3 Å². The Morgan fingerprint density at radius 2 is 1.88 bits per heavy atom. The number of benzene rings is 1. The van der Waals surface area contributed by atoms with Crippen molar-refractivity contribution in [3.05, 3.63) is 66.0 Å². The number of nitrogens with one attached hydrogen (secondary N) is 1. The van der Waals surface area contributed by atoms with Crippen molar-refractivity contribution >= 4 is 29.0 Å². The van der Waals surface area contributed by atoms with E-state index in [0.29, 0.717) is 5.70 Å². The van der Waals surface area contributed by atoms with Gasteiger partial charge in [-0.25, -0.2) is 9.97 Å². The zero-order valence-corrected chi connectivity index (χ0v) is 20.1. The lowest BCUT2D eigenvalue weighted by atomic mass is 10.00. The van der Waals surface area contributed by atoms with E-state index in [0.717, 1.165) is 48.8 Å². The van der Waals surface area contributed by atoms with Crippen molar-refractivity contribution in [2.24, 2.45) is 4.99 Å². The number of hydrogen-bond acceptors (Lipinski definition) is 5. The topological polar surface area (TPSA) is 70.5 Å². The van der Waals surface area contributed by atoms with Crippen LogP contribution in [0, 0.1) is 0 Å². The van der Waals surface area contributed by atoms with E-state index < -0.39 is 0 Å². The van der Waals surface area contributed by atoms with Crippen LogP contribution in [0.15, 0.2) is 65.4 Å². The van der Waals surface area contributed by atoms with Gasteiger partial charge in [0.15, 0.2) is 0 Å². The maximum absolute atomic E-state index is 11.4. The van der Waals surface area contributed by atoms with Crippen LogP contribution < -0.4 is 10.2 Å². The summed E-state index contributed by atoms with van der Waals surface area (Å²) in [7, 11) is 0. The predicted octanol–water partition coefficient (Wildman–Crippen LogP) is 6.04. The minimum atomic E-state index is -0.0935. The van der Waals surface area contributed by atoms with Crippen LogP contribution in [0.25, 0.3) is 5.70 Å². The maximum atomic E-state index is 11.4. The van der Waals surface area contributed by atoms with Crippen LogP contribution in [0.3, 0.4) is 0 Å². The quantitative estimate of drug-likeness (QED) is 0.338. The fourth-order valence-electron chi connectivity index (χ4n) is 4.07. The smallest absolute Gasteiger partial charge is 0.225 e. The Bertz CT molecular complexity index is 1030. The molecule has 0 saturated carbocycles. The second-order valence-corrected chi connectivity index (χ2v) is 8.60. The molecule has 0 fully saturated rings. The average molecular weight is 446 g/mol. The van der Waals surface area contributed by atoms with Crippen molar-refractivity contribution in [2.45, 2.75) is 59.3 Å². The molecule has 174 valence electrons. The minimum absolute atomic E-state index is 0.0935. The van der Waals surface area contributed by atoms with Crippen LogP contribution in [-0.2, 0) is 4.79 Å². The van der Waals surface area contributed by atoms with Crippen molar-refractivity contribution in [3.63, 3.8) is 0 Å². The summed E-state index contributed by atoms with van der Waals surface area (Å²) in [5.41, 5.74) is 6.02. The van der Waals surface area contributed by atoms with Crippen molar-refractivity contribution < 1.29 is 4.79 Å². The molecule has 1 amide bonds. The van der Waals surface area contributed by atoms with E-state index in [1.54, 1.807) is 12.4 Å². The predicted molar refractivity (Wildman–Crippen MR) is 138 cm³/mol. The van der Waals surface area contributed by atoms with Gasteiger partial charge in [-0.05, 0) is 49.1 Å². The average Bonchev–Trinajstić information content (AvgIpc) is 3.20. The highest BCUT2D eigenvalue weighted by atomic mass is 16.1. The number of rotatable bonds is 11. The highest BCUT2D eigenvalue weighted by molar-refractivity contribution is 6.05. The third-order valence-corrected chi connectivity index (χ3v) is 5.78. The summed E-state index contributed by atoms with van der Waals surface area (Å²) in [6.45, 7) is 11.7. The first-order valence-electron chi connectivity index (χ1n) is 11.8. The third-order valence-electron chi connectivity index (χ3n) is 5.78. The molecule has 0 atom stereocenters. The number of nitrogens with zero attached hydrogens (tertiary/aromatic N) is 4. The van der Waals surface area contributed by atoms with E-state index in [-0.39, 0.29) is 5.91 Å². The molecule has 0 radical (unpaired) electrons. The minimum Gasteiger partial charge on any atom is -0.332 e.